The maximum atomic E-state index is 13.4. The van der Waals surface area contributed by atoms with Gasteiger partial charge >= 0.3 is 0 Å². The van der Waals surface area contributed by atoms with Crippen LogP contribution in [0, 0.1) is 13.8 Å². The molecule has 0 atom stereocenters. The lowest BCUT2D eigenvalue weighted by atomic mass is 10.1. The van der Waals surface area contributed by atoms with Crippen LogP contribution in [0.1, 0.15) is 27.9 Å². The van der Waals surface area contributed by atoms with Crippen LogP contribution >= 0.6 is 27.3 Å². The maximum absolute atomic E-state index is 13.4. The second-order valence-electron chi connectivity index (χ2n) is 7.68. The molecule has 158 valence electrons. The molecule has 0 saturated carbocycles. The number of hydrogen-bond donors (Lipinski definition) is 0. The van der Waals surface area contributed by atoms with Crippen molar-refractivity contribution in [2.45, 2.75) is 20.3 Å². The molecule has 0 aliphatic carbocycles. The molecule has 1 amide bonds. The van der Waals surface area contributed by atoms with Crippen LogP contribution in [0.4, 0.5) is 5.13 Å². The molecule has 4 rings (SSSR count). The highest BCUT2D eigenvalue weighted by Crippen LogP contribution is 2.32. The van der Waals surface area contributed by atoms with Crippen LogP contribution in [0.25, 0.3) is 10.2 Å². The summed E-state index contributed by atoms with van der Waals surface area (Å²) in [5, 5.41) is 0.766. The summed E-state index contributed by atoms with van der Waals surface area (Å²) in [6.07, 6.45) is 0.897. The van der Waals surface area contributed by atoms with Gasteiger partial charge in [-0.1, -0.05) is 33.3 Å². The Labute approximate surface area is 189 Å². The molecule has 1 aliphatic heterocycles. The van der Waals surface area contributed by atoms with E-state index in [2.05, 4.69) is 46.8 Å². The fraction of sp³-hybridized carbons (Fsp3) is 0.391. The highest BCUT2D eigenvalue weighted by atomic mass is 79.9. The van der Waals surface area contributed by atoms with E-state index in [1.54, 1.807) is 11.3 Å². The predicted molar refractivity (Wildman–Crippen MR) is 127 cm³/mol. The monoisotopic (exact) mass is 487 g/mol. The summed E-state index contributed by atoms with van der Waals surface area (Å²) < 4.78 is 7.46. The Balaban J connectivity index is 1.59. The Morgan fingerprint density at radius 1 is 1.20 bits per heavy atom. The topological polar surface area (TPSA) is 45.7 Å². The summed E-state index contributed by atoms with van der Waals surface area (Å²) in [4.78, 5) is 22.5. The molecular weight excluding hydrogens is 462 g/mol. The third kappa shape index (κ3) is 4.91. The number of nitrogens with zero attached hydrogens (tertiary/aromatic N) is 3. The standard InChI is InChI=1S/C23H26BrN3O2S/c1-16-13-20-21(14-17(16)2)30-23(25-20)27(8-4-7-26-9-11-29-12-10-26)22(28)18-5-3-6-19(24)15-18/h3,5-6,13-15H,4,7-12H2,1-2H3. The van der Waals surface area contributed by atoms with Crippen molar-refractivity contribution in [3.05, 3.63) is 57.6 Å². The number of ether oxygens (including phenoxy) is 1. The quantitative estimate of drug-likeness (QED) is 0.488. The molecule has 0 N–H and O–H groups in total. The summed E-state index contributed by atoms with van der Waals surface area (Å²) in [6.45, 7) is 9.30. The number of amides is 1. The first kappa shape index (κ1) is 21.4. The number of hydrogen-bond acceptors (Lipinski definition) is 5. The van der Waals surface area contributed by atoms with Crippen molar-refractivity contribution >= 4 is 48.5 Å². The Morgan fingerprint density at radius 3 is 2.73 bits per heavy atom. The van der Waals surface area contributed by atoms with Gasteiger partial charge < -0.3 is 4.74 Å². The van der Waals surface area contributed by atoms with E-state index in [1.165, 1.54) is 11.1 Å². The number of rotatable bonds is 6. The minimum atomic E-state index is -0.00854. The second-order valence-corrected chi connectivity index (χ2v) is 9.60. The van der Waals surface area contributed by atoms with Crippen LogP contribution < -0.4 is 4.90 Å². The molecule has 7 heteroatoms. The van der Waals surface area contributed by atoms with E-state index in [0.717, 1.165) is 59.1 Å². The molecule has 3 aromatic rings. The SMILES string of the molecule is Cc1cc2nc(N(CCCN3CCOCC3)C(=O)c3cccc(Br)c3)sc2cc1C. The predicted octanol–water partition coefficient (Wildman–Crippen LogP) is 5.04. The van der Waals surface area contributed by atoms with E-state index in [0.29, 0.717) is 12.1 Å². The van der Waals surface area contributed by atoms with Gasteiger partial charge in [-0.05, 0) is 61.7 Å². The zero-order valence-corrected chi connectivity index (χ0v) is 19.8. The first-order chi connectivity index (χ1) is 14.5. The molecule has 5 nitrogen and oxygen atoms in total. The van der Waals surface area contributed by atoms with Crippen molar-refractivity contribution in [3.63, 3.8) is 0 Å². The van der Waals surface area contributed by atoms with Crippen LogP contribution in [0.5, 0.6) is 0 Å². The van der Waals surface area contributed by atoms with E-state index < -0.39 is 0 Å². The van der Waals surface area contributed by atoms with Gasteiger partial charge in [-0.2, -0.15) is 0 Å². The van der Waals surface area contributed by atoms with Gasteiger partial charge in [0.1, 0.15) is 0 Å². The van der Waals surface area contributed by atoms with Gasteiger partial charge in [0.2, 0.25) is 0 Å². The van der Waals surface area contributed by atoms with Crippen molar-refractivity contribution in [2.24, 2.45) is 0 Å². The second kappa shape index (κ2) is 9.56. The van der Waals surface area contributed by atoms with Crippen LogP contribution in [-0.2, 0) is 4.74 Å². The lowest BCUT2D eigenvalue weighted by Crippen LogP contribution is -2.39. The summed E-state index contributed by atoms with van der Waals surface area (Å²) >= 11 is 5.07. The number of benzene rings is 2. The van der Waals surface area contributed by atoms with Gasteiger partial charge in [-0.15, -0.1) is 0 Å². The van der Waals surface area contributed by atoms with Crippen LogP contribution in [-0.4, -0.2) is 55.2 Å². The molecule has 0 spiro atoms. The van der Waals surface area contributed by atoms with E-state index in [-0.39, 0.29) is 5.91 Å². The number of fused-ring (bicyclic) bond motifs is 1. The third-order valence-corrected chi connectivity index (χ3v) is 7.03. The van der Waals surface area contributed by atoms with Crippen molar-refractivity contribution in [1.82, 2.24) is 9.88 Å². The highest BCUT2D eigenvalue weighted by molar-refractivity contribution is 9.10. The number of thiazole rings is 1. The van der Waals surface area contributed by atoms with Gasteiger partial charge in [-0.25, -0.2) is 4.98 Å². The molecule has 0 bridgehead atoms. The Hall–Kier alpha value is -1.80. The van der Waals surface area contributed by atoms with Gasteiger partial charge in [0.05, 0.1) is 23.4 Å². The number of carbonyl (C=O) groups is 1. The Bertz CT molecular complexity index is 1010. The van der Waals surface area contributed by atoms with Crippen LogP contribution in [0.3, 0.4) is 0 Å². The summed E-state index contributed by atoms with van der Waals surface area (Å²) in [5.41, 5.74) is 4.09. The van der Waals surface area contributed by atoms with E-state index in [1.807, 2.05) is 29.2 Å². The fourth-order valence-corrected chi connectivity index (χ4v) is 5.09. The number of halogens is 1. The lowest BCUT2D eigenvalue weighted by molar-refractivity contribution is 0.0376. The highest BCUT2D eigenvalue weighted by Gasteiger charge is 2.22. The number of morpholine rings is 1. The molecule has 2 heterocycles. The summed E-state index contributed by atoms with van der Waals surface area (Å²) in [7, 11) is 0. The Morgan fingerprint density at radius 2 is 1.97 bits per heavy atom. The molecular formula is C23H26BrN3O2S. The van der Waals surface area contributed by atoms with Gasteiger partial charge in [0.15, 0.2) is 5.13 Å². The normalized spacial score (nSPS) is 14.9. The van der Waals surface area contributed by atoms with E-state index >= 15 is 0 Å². The average Bonchev–Trinajstić information content (AvgIpc) is 3.14. The van der Waals surface area contributed by atoms with Crippen molar-refractivity contribution in [1.29, 1.82) is 0 Å². The van der Waals surface area contributed by atoms with Crippen LogP contribution in [0.2, 0.25) is 0 Å². The maximum Gasteiger partial charge on any atom is 0.260 e. The summed E-state index contributed by atoms with van der Waals surface area (Å²) in [5.74, 6) is -0.00854. The van der Waals surface area contributed by atoms with E-state index in [4.69, 9.17) is 9.72 Å². The van der Waals surface area contributed by atoms with Crippen molar-refractivity contribution < 1.29 is 9.53 Å². The summed E-state index contributed by atoms with van der Waals surface area (Å²) in [6, 6.07) is 11.8. The minimum Gasteiger partial charge on any atom is -0.379 e. The van der Waals surface area contributed by atoms with Crippen molar-refractivity contribution in [2.75, 3.05) is 44.3 Å². The minimum absolute atomic E-state index is 0.00854. The number of aromatic nitrogens is 1. The smallest absolute Gasteiger partial charge is 0.260 e. The molecule has 1 aliphatic rings. The molecule has 0 radical (unpaired) electrons. The molecule has 1 saturated heterocycles. The lowest BCUT2D eigenvalue weighted by Gasteiger charge is -2.27. The molecule has 0 unspecified atom stereocenters. The van der Waals surface area contributed by atoms with Gasteiger partial charge in [0, 0.05) is 36.2 Å². The first-order valence-electron chi connectivity index (χ1n) is 10.3. The van der Waals surface area contributed by atoms with Gasteiger partial charge in [0.25, 0.3) is 5.91 Å². The fourth-order valence-electron chi connectivity index (χ4n) is 3.62. The molecule has 1 fully saturated rings. The number of anilines is 1. The zero-order valence-electron chi connectivity index (χ0n) is 17.4. The largest absolute Gasteiger partial charge is 0.379 e. The van der Waals surface area contributed by atoms with Crippen LogP contribution in [0.15, 0.2) is 40.9 Å². The average molecular weight is 488 g/mol. The Kier molecular flexibility index (Phi) is 6.83. The van der Waals surface area contributed by atoms with Crippen molar-refractivity contribution in [3.8, 4) is 0 Å². The zero-order chi connectivity index (χ0) is 21.1. The third-order valence-electron chi connectivity index (χ3n) is 5.50. The number of aryl methyl sites for hydroxylation is 2. The first-order valence-corrected chi connectivity index (χ1v) is 11.9. The molecule has 1 aromatic heterocycles. The molecule has 2 aromatic carbocycles. The number of carbonyl (C=O) groups excluding carboxylic acids is 1. The van der Waals surface area contributed by atoms with E-state index in [9.17, 15) is 4.79 Å². The molecule has 30 heavy (non-hydrogen) atoms. The van der Waals surface area contributed by atoms with Gasteiger partial charge in [-0.3, -0.25) is 14.6 Å².